The second kappa shape index (κ2) is 17.5. The Morgan fingerprint density at radius 1 is 0.450 bits per heavy atom. The van der Waals surface area contributed by atoms with Crippen LogP contribution in [0.25, 0.3) is 39.2 Å². The highest BCUT2D eigenvalue weighted by Gasteiger charge is 2.50. The number of imidazole rings is 1. The van der Waals surface area contributed by atoms with Gasteiger partial charge in [0.2, 0.25) is 0 Å². The molecule has 0 bridgehead atoms. The zero-order valence-corrected chi connectivity index (χ0v) is 50.5. The van der Waals surface area contributed by atoms with E-state index < -0.39 is 0 Å². The number of para-hydroxylation sites is 2. The molecule has 8 aromatic carbocycles. The molecular weight excluding hydrogens is 976 g/mol. The third-order valence-corrected chi connectivity index (χ3v) is 17.9. The molecule has 0 amide bonds. The lowest BCUT2D eigenvalue weighted by Crippen LogP contribution is -2.62. The van der Waals surface area contributed by atoms with Crippen LogP contribution in [0.15, 0.2) is 133 Å². The summed E-state index contributed by atoms with van der Waals surface area (Å²) in [4.78, 5) is 5.15. The topological polar surface area (TPSA) is 33.8 Å². The van der Waals surface area contributed by atoms with E-state index in [-0.39, 0.29) is 40.2 Å². The highest BCUT2D eigenvalue weighted by Crippen LogP contribution is 2.59. The molecular formula is C73H78BN4O2+. The Morgan fingerprint density at radius 2 is 0.900 bits per heavy atom. The summed E-state index contributed by atoms with van der Waals surface area (Å²) >= 11 is 0. The van der Waals surface area contributed by atoms with Gasteiger partial charge in [-0.3, -0.25) is 0 Å². The van der Waals surface area contributed by atoms with Crippen LogP contribution in [0.3, 0.4) is 0 Å². The second-order valence-corrected chi connectivity index (χ2v) is 28.2. The molecule has 0 fully saturated rings. The SMILES string of the molecule is Cc1ccccc1-c1n(-c2c(C(C)C)cccc2C(C)C)c2c(-c3cc4c5c(c3)N3c6ccc(C(C)(C)C)cc6Oc6cc(C(C)(C)C)cc(c63)B5c3cc(C(C)(C)C)cc5c3N4c3ccc(C(C)(C)C)cc3O5)cccc2[n+]1C. The number of aromatic nitrogens is 2. The van der Waals surface area contributed by atoms with Gasteiger partial charge in [-0.1, -0.05) is 178 Å². The fraction of sp³-hybridized carbons (Fsp3) is 0.329. The molecule has 0 saturated carbocycles. The standard InChI is InChI=1S/C73H78BN4O2/c1-41(2)49-25-21-26-50(42(3)4)65(49)78-66-52(27-22-28-57(66)75(18)69(78)51-24-20-19-23-43(51)5)44-33-58-64-59(34-44)77-56-32-30-46(71(9,10)11)38-61(56)80-63-40-48(73(15,16)17)36-54(68(63)77)74(64)53-35-47(72(12,13)14)39-62-67(53)76(58)55-31-29-45(70(6,7)8)37-60(55)79-62/h19-42H,1-18H3/q+1. The summed E-state index contributed by atoms with van der Waals surface area (Å²) in [5.74, 6) is 5.23. The predicted octanol–water partition coefficient (Wildman–Crippen LogP) is 17.8. The molecule has 6 nitrogen and oxygen atoms in total. The summed E-state index contributed by atoms with van der Waals surface area (Å²) in [5, 5.41) is 0. The summed E-state index contributed by atoms with van der Waals surface area (Å²) in [5.41, 5.74) is 25.9. The number of anilines is 6. The van der Waals surface area contributed by atoms with Gasteiger partial charge in [-0.25, -0.2) is 4.57 Å². The first-order valence-corrected chi connectivity index (χ1v) is 29.2. The Kier molecular flexibility index (Phi) is 11.4. The van der Waals surface area contributed by atoms with E-state index in [1.165, 1.54) is 77.6 Å². The highest BCUT2D eigenvalue weighted by atomic mass is 16.5. The Morgan fingerprint density at radius 3 is 1.36 bits per heavy atom. The van der Waals surface area contributed by atoms with Crippen LogP contribution in [0.1, 0.15) is 162 Å². The van der Waals surface area contributed by atoms with Crippen LogP contribution >= 0.6 is 0 Å². The summed E-state index contributed by atoms with van der Waals surface area (Å²) in [6.45, 7) is 39.2. The van der Waals surface area contributed by atoms with Crippen molar-refractivity contribution in [2.45, 2.75) is 151 Å². The van der Waals surface area contributed by atoms with Gasteiger partial charge >= 0.3 is 0 Å². The Hall–Kier alpha value is -7.51. The molecule has 0 spiro atoms. The van der Waals surface area contributed by atoms with Crippen LogP contribution in [0.2, 0.25) is 0 Å². The molecule has 1 aromatic heterocycles. The Labute approximate surface area is 476 Å². The highest BCUT2D eigenvalue weighted by molar-refractivity contribution is 7.00. The quantitative estimate of drug-likeness (QED) is 0.127. The molecule has 0 atom stereocenters. The van der Waals surface area contributed by atoms with Gasteiger partial charge in [0.25, 0.3) is 12.5 Å². The average Bonchev–Trinajstić information content (AvgIpc) is 1.10. The molecule has 0 unspecified atom stereocenters. The van der Waals surface area contributed by atoms with Crippen molar-refractivity contribution < 1.29 is 14.0 Å². The number of benzene rings is 8. The molecule has 80 heavy (non-hydrogen) atoms. The van der Waals surface area contributed by atoms with Gasteiger partial charge in [-0.2, -0.15) is 4.57 Å². The van der Waals surface area contributed by atoms with Crippen molar-refractivity contribution >= 4 is 68.3 Å². The largest absolute Gasteiger partial charge is 0.453 e. The number of fused-ring (bicyclic) bond motifs is 9. The van der Waals surface area contributed by atoms with Crippen molar-refractivity contribution in [1.29, 1.82) is 0 Å². The lowest BCUT2D eigenvalue weighted by molar-refractivity contribution is -0.633. The Bertz CT molecular complexity index is 3920. The van der Waals surface area contributed by atoms with E-state index in [0.717, 1.165) is 74.1 Å². The molecule has 5 heterocycles. The summed E-state index contributed by atoms with van der Waals surface area (Å²) < 4.78 is 19.8. The van der Waals surface area contributed by atoms with Gasteiger partial charge in [0.05, 0.1) is 35.4 Å². The van der Waals surface area contributed by atoms with E-state index in [1.54, 1.807) is 0 Å². The third-order valence-electron chi connectivity index (χ3n) is 17.9. The van der Waals surface area contributed by atoms with Gasteiger partial charge in [-0.05, 0) is 157 Å². The predicted molar refractivity (Wildman–Crippen MR) is 337 cm³/mol. The van der Waals surface area contributed by atoms with Crippen molar-refractivity contribution in [3.8, 4) is 51.2 Å². The first-order valence-electron chi connectivity index (χ1n) is 29.2. The van der Waals surface area contributed by atoms with Crippen LogP contribution in [0.4, 0.5) is 34.1 Å². The zero-order chi connectivity index (χ0) is 56.6. The minimum absolute atomic E-state index is 0.0869. The van der Waals surface area contributed by atoms with Crippen molar-refractivity contribution in [2.75, 3.05) is 9.80 Å². The molecule has 0 N–H and O–H groups in total. The van der Waals surface area contributed by atoms with Gasteiger partial charge in [0.15, 0.2) is 34.0 Å². The summed E-state index contributed by atoms with van der Waals surface area (Å²) in [6.07, 6.45) is 0. The maximum absolute atomic E-state index is 7.36. The van der Waals surface area contributed by atoms with Gasteiger partial charge in [0, 0.05) is 28.1 Å². The molecule has 4 aliphatic rings. The third kappa shape index (κ3) is 7.76. The van der Waals surface area contributed by atoms with Crippen LogP contribution in [0, 0.1) is 6.92 Å². The summed E-state index contributed by atoms with van der Waals surface area (Å²) in [7, 11) is 2.26. The van der Waals surface area contributed by atoms with E-state index >= 15 is 0 Å². The molecule has 13 rings (SSSR count). The molecule has 404 valence electrons. The summed E-state index contributed by atoms with van der Waals surface area (Å²) in [6, 6.07) is 51.5. The first-order chi connectivity index (χ1) is 37.7. The fourth-order valence-electron chi connectivity index (χ4n) is 13.3. The van der Waals surface area contributed by atoms with E-state index in [1.807, 2.05) is 0 Å². The molecule has 0 aliphatic carbocycles. The lowest BCUT2D eigenvalue weighted by atomic mass is 9.33. The molecule has 0 radical (unpaired) electrons. The van der Waals surface area contributed by atoms with Crippen LogP contribution in [0.5, 0.6) is 23.0 Å². The van der Waals surface area contributed by atoms with Gasteiger partial charge < -0.3 is 19.3 Å². The van der Waals surface area contributed by atoms with Crippen molar-refractivity contribution in [1.82, 2.24) is 4.57 Å². The second-order valence-electron chi connectivity index (χ2n) is 28.2. The molecule has 0 saturated heterocycles. The number of hydrogen-bond donors (Lipinski definition) is 0. The van der Waals surface area contributed by atoms with Gasteiger partial charge in [0.1, 0.15) is 5.69 Å². The van der Waals surface area contributed by atoms with Crippen LogP contribution in [-0.4, -0.2) is 11.3 Å². The number of rotatable bonds is 5. The van der Waals surface area contributed by atoms with Crippen molar-refractivity contribution in [3.63, 3.8) is 0 Å². The molecule has 4 aliphatic heterocycles. The number of aryl methyl sites for hydroxylation is 2. The minimum Gasteiger partial charge on any atom is -0.453 e. The number of ether oxygens (including phenoxy) is 2. The van der Waals surface area contributed by atoms with Crippen LogP contribution in [-0.2, 0) is 28.7 Å². The minimum atomic E-state index is -0.162. The van der Waals surface area contributed by atoms with E-state index in [4.69, 9.17) is 9.47 Å². The van der Waals surface area contributed by atoms with Crippen LogP contribution < -0.4 is 40.2 Å². The van der Waals surface area contributed by atoms with E-state index in [9.17, 15) is 0 Å². The molecule has 7 heteroatoms. The first kappa shape index (κ1) is 51.9. The Balaban J connectivity index is 1.22. The van der Waals surface area contributed by atoms with E-state index in [2.05, 4.69) is 277 Å². The zero-order valence-electron chi connectivity index (χ0n) is 50.5. The lowest BCUT2D eigenvalue weighted by Gasteiger charge is -2.48. The maximum Gasteiger partial charge on any atom is 0.295 e. The fourth-order valence-corrected chi connectivity index (χ4v) is 13.3. The number of hydrogen-bond acceptors (Lipinski definition) is 4. The van der Waals surface area contributed by atoms with Gasteiger partial charge in [-0.15, -0.1) is 0 Å². The maximum atomic E-state index is 7.36. The van der Waals surface area contributed by atoms with E-state index in [0.29, 0.717) is 0 Å². The monoisotopic (exact) mass is 1050 g/mol. The smallest absolute Gasteiger partial charge is 0.295 e. The normalized spacial score (nSPS) is 14.2. The number of nitrogens with zero attached hydrogens (tertiary/aromatic N) is 4. The van der Waals surface area contributed by atoms with Crippen molar-refractivity contribution in [3.05, 3.63) is 172 Å². The average molecular weight is 1050 g/mol. The molecule has 9 aromatic rings. The van der Waals surface area contributed by atoms with Crippen molar-refractivity contribution in [2.24, 2.45) is 7.05 Å².